The van der Waals surface area contributed by atoms with Gasteiger partial charge in [-0.3, -0.25) is 9.59 Å². The molecule has 1 aromatic rings. The molecular weight excluding hydrogens is 320 g/mol. The van der Waals surface area contributed by atoms with Gasteiger partial charge in [0, 0.05) is 5.41 Å². The fraction of sp³-hybridized carbons (Fsp3) is 0.333. The first-order chi connectivity index (χ1) is 10.9. The maximum atomic E-state index is 12.1. The molecule has 3 heterocycles. The molecule has 0 saturated heterocycles. The lowest BCUT2D eigenvalue weighted by Crippen LogP contribution is -2.38. The highest BCUT2D eigenvalue weighted by Crippen LogP contribution is 2.18. The summed E-state index contributed by atoms with van der Waals surface area (Å²) < 4.78 is 28.1. The molecule has 0 saturated carbocycles. The van der Waals surface area contributed by atoms with Crippen LogP contribution in [0.15, 0.2) is 34.5 Å². The molecule has 1 unspecified atom stereocenters. The Balaban J connectivity index is 1.76. The molecule has 1 atom stereocenters. The van der Waals surface area contributed by atoms with E-state index in [2.05, 4.69) is 10.3 Å². The summed E-state index contributed by atoms with van der Waals surface area (Å²) in [5.74, 6) is -0.191. The van der Waals surface area contributed by atoms with E-state index in [0.29, 0.717) is 18.1 Å². The lowest BCUT2D eigenvalue weighted by molar-refractivity contribution is 0.0946. The van der Waals surface area contributed by atoms with Gasteiger partial charge in [0.2, 0.25) is 0 Å². The molecule has 0 bridgehead atoms. The second kappa shape index (κ2) is 6.04. The lowest BCUT2D eigenvalue weighted by atomic mass is 10.1. The van der Waals surface area contributed by atoms with E-state index in [1.165, 1.54) is 12.1 Å². The number of rotatable bonds is 3. The molecule has 7 nitrogen and oxygen atoms in total. The zero-order chi connectivity index (χ0) is 16.4. The highest BCUT2D eigenvalue weighted by Gasteiger charge is 2.24. The minimum Gasteiger partial charge on any atom is -0.492 e. The summed E-state index contributed by atoms with van der Waals surface area (Å²) in [6, 6.07) is 2.40. The predicted octanol–water partition coefficient (Wildman–Crippen LogP) is 0.567. The van der Waals surface area contributed by atoms with E-state index in [9.17, 15) is 18.0 Å². The van der Waals surface area contributed by atoms with Crippen molar-refractivity contribution in [3.8, 4) is 0 Å². The molecular formula is C15H16N2O5S. The Morgan fingerprint density at radius 2 is 2.17 bits per heavy atom. The van der Waals surface area contributed by atoms with E-state index < -0.39 is 27.3 Å². The molecule has 2 N–H and O–H groups in total. The Hall–Kier alpha value is -2.35. The van der Waals surface area contributed by atoms with Crippen molar-refractivity contribution >= 4 is 21.5 Å². The SMILES string of the molecule is O=C(NC1C=CS(=O)(=O)C1)c1ccc(C2=CCCCO2)[nH]c1=O. The molecule has 1 aromatic heterocycles. The van der Waals surface area contributed by atoms with Crippen LogP contribution >= 0.6 is 0 Å². The topological polar surface area (TPSA) is 105 Å². The van der Waals surface area contributed by atoms with Crippen molar-refractivity contribution in [3.05, 3.63) is 51.3 Å². The molecule has 8 heteroatoms. The Morgan fingerprint density at radius 3 is 2.78 bits per heavy atom. The van der Waals surface area contributed by atoms with E-state index in [-0.39, 0.29) is 11.3 Å². The molecule has 0 spiro atoms. The molecule has 0 fully saturated rings. The average Bonchev–Trinajstić information content (AvgIpc) is 2.86. The smallest absolute Gasteiger partial charge is 0.261 e. The van der Waals surface area contributed by atoms with Crippen molar-refractivity contribution in [1.29, 1.82) is 0 Å². The third-order valence-electron chi connectivity index (χ3n) is 3.60. The zero-order valence-corrected chi connectivity index (χ0v) is 13.1. The third kappa shape index (κ3) is 3.53. The number of carbonyl (C=O) groups excluding carboxylic acids is 1. The van der Waals surface area contributed by atoms with Crippen molar-refractivity contribution in [3.63, 3.8) is 0 Å². The molecule has 0 radical (unpaired) electrons. The largest absolute Gasteiger partial charge is 0.492 e. The number of sulfone groups is 1. The molecule has 23 heavy (non-hydrogen) atoms. The van der Waals surface area contributed by atoms with Crippen LogP contribution in [0.1, 0.15) is 28.9 Å². The second-order valence-corrected chi connectivity index (χ2v) is 7.34. The van der Waals surface area contributed by atoms with Crippen LogP contribution in [0.4, 0.5) is 0 Å². The standard InChI is InChI=1S/C15H16N2O5S/c18-14(16-10-6-8-23(20,21)9-10)11-4-5-12(17-15(11)19)13-3-1-2-7-22-13/h3-6,8,10H,1-2,7,9H2,(H,16,18)(H,17,19). The van der Waals surface area contributed by atoms with Gasteiger partial charge < -0.3 is 15.0 Å². The minimum atomic E-state index is -3.26. The molecule has 0 aromatic carbocycles. The second-order valence-electron chi connectivity index (χ2n) is 5.41. The molecule has 2 aliphatic rings. The summed E-state index contributed by atoms with van der Waals surface area (Å²) in [7, 11) is -3.26. The van der Waals surface area contributed by atoms with Gasteiger partial charge in [0.15, 0.2) is 9.84 Å². The van der Waals surface area contributed by atoms with Crippen molar-refractivity contribution in [2.45, 2.75) is 18.9 Å². The molecule has 2 aliphatic heterocycles. The number of hydrogen-bond donors (Lipinski definition) is 2. The Kier molecular flexibility index (Phi) is 4.08. The van der Waals surface area contributed by atoms with Crippen molar-refractivity contribution < 1.29 is 17.9 Å². The summed E-state index contributed by atoms with van der Waals surface area (Å²) in [6.07, 6.45) is 5.10. The number of amides is 1. The summed E-state index contributed by atoms with van der Waals surface area (Å²) in [4.78, 5) is 26.8. The summed E-state index contributed by atoms with van der Waals surface area (Å²) in [5.41, 5.74) is -0.0858. The highest BCUT2D eigenvalue weighted by atomic mass is 32.2. The van der Waals surface area contributed by atoms with Gasteiger partial charge in [-0.15, -0.1) is 0 Å². The van der Waals surface area contributed by atoms with Crippen LogP contribution in [0.2, 0.25) is 0 Å². The predicted molar refractivity (Wildman–Crippen MR) is 84.4 cm³/mol. The van der Waals surface area contributed by atoms with Gasteiger partial charge in [0.05, 0.1) is 24.1 Å². The van der Waals surface area contributed by atoms with E-state index in [0.717, 1.165) is 18.2 Å². The maximum Gasteiger partial charge on any atom is 0.261 e. The van der Waals surface area contributed by atoms with Crippen molar-refractivity contribution in [1.82, 2.24) is 10.3 Å². The van der Waals surface area contributed by atoms with Crippen LogP contribution in [0, 0.1) is 0 Å². The number of allylic oxidation sites excluding steroid dienone is 1. The third-order valence-corrected chi connectivity index (χ3v) is 5.00. The highest BCUT2D eigenvalue weighted by molar-refractivity contribution is 7.94. The Bertz CT molecular complexity index is 851. The minimum absolute atomic E-state index is 0.0668. The van der Waals surface area contributed by atoms with Crippen molar-refractivity contribution in [2.75, 3.05) is 12.4 Å². The number of aromatic nitrogens is 1. The van der Waals surface area contributed by atoms with E-state index >= 15 is 0 Å². The molecule has 3 rings (SSSR count). The summed E-state index contributed by atoms with van der Waals surface area (Å²) in [5, 5.41) is 3.59. The lowest BCUT2D eigenvalue weighted by Gasteiger charge is -2.15. The number of hydrogen-bond acceptors (Lipinski definition) is 5. The van der Waals surface area contributed by atoms with E-state index in [4.69, 9.17) is 4.74 Å². The normalized spacial score (nSPS) is 22.3. The van der Waals surface area contributed by atoms with Crippen LogP contribution in [0.3, 0.4) is 0 Å². The zero-order valence-electron chi connectivity index (χ0n) is 12.2. The first kappa shape index (κ1) is 15.5. The van der Waals surface area contributed by atoms with Crippen LogP contribution in [-0.4, -0.2) is 37.7 Å². The summed E-state index contributed by atoms with van der Waals surface area (Å²) in [6.45, 7) is 0.596. The number of ether oxygens (including phenoxy) is 1. The fourth-order valence-corrected chi connectivity index (χ4v) is 3.69. The van der Waals surface area contributed by atoms with Gasteiger partial charge in [-0.05, 0) is 37.1 Å². The quantitative estimate of drug-likeness (QED) is 0.839. The van der Waals surface area contributed by atoms with Gasteiger partial charge in [0.25, 0.3) is 11.5 Å². The average molecular weight is 336 g/mol. The fourth-order valence-electron chi connectivity index (χ4n) is 2.45. The first-order valence-corrected chi connectivity index (χ1v) is 8.95. The van der Waals surface area contributed by atoms with Gasteiger partial charge in [-0.25, -0.2) is 8.42 Å². The van der Waals surface area contributed by atoms with Gasteiger partial charge in [-0.2, -0.15) is 0 Å². The van der Waals surface area contributed by atoms with E-state index in [1.807, 2.05) is 6.08 Å². The maximum absolute atomic E-state index is 12.1. The van der Waals surface area contributed by atoms with Crippen LogP contribution in [-0.2, 0) is 14.6 Å². The number of H-pyrrole nitrogens is 1. The number of pyridine rings is 1. The monoisotopic (exact) mass is 336 g/mol. The molecule has 0 aliphatic carbocycles. The van der Waals surface area contributed by atoms with Crippen LogP contribution in [0.25, 0.3) is 5.76 Å². The Morgan fingerprint density at radius 1 is 1.35 bits per heavy atom. The number of carbonyl (C=O) groups is 1. The van der Waals surface area contributed by atoms with Gasteiger partial charge >= 0.3 is 0 Å². The number of aromatic amines is 1. The van der Waals surface area contributed by atoms with Crippen molar-refractivity contribution in [2.24, 2.45) is 0 Å². The van der Waals surface area contributed by atoms with Crippen LogP contribution < -0.4 is 10.9 Å². The molecule has 122 valence electrons. The van der Waals surface area contributed by atoms with Gasteiger partial charge in [0.1, 0.15) is 11.3 Å². The van der Waals surface area contributed by atoms with E-state index in [1.54, 1.807) is 6.07 Å². The van der Waals surface area contributed by atoms with Gasteiger partial charge in [-0.1, -0.05) is 0 Å². The number of nitrogens with one attached hydrogen (secondary N) is 2. The Labute approximate surface area is 133 Å². The first-order valence-electron chi connectivity index (χ1n) is 7.23. The van der Waals surface area contributed by atoms with Crippen LogP contribution in [0.5, 0.6) is 0 Å². The molecule has 1 amide bonds. The summed E-state index contributed by atoms with van der Waals surface area (Å²) >= 11 is 0.